The predicted octanol–water partition coefficient (Wildman–Crippen LogP) is 2.71. The number of carbonyl (C=O) groups excluding carboxylic acids is 2. The van der Waals surface area contributed by atoms with E-state index in [-0.39, 0.29) is 24.2 Å². The van der Waals surface area contributed by atoms with Gasteiger partial charge < -0.3 is 19.4 Å². The number of anilines is 2. The first-order valence-electron chi connectivity index (χ1n) is 10.1. The van der Waals surface area contributed by atoms with E-state index >= 15 is 0 Å². The molecule has 0 spiro atoms. The molecule has 2 aliphatic heterocycles. The topological polar surface area (TPSA) is 53.1 Å². The summed E-state index contributed by atoms with van der Waals surface area (Å²) in [5.41, 5.74) is 3.26. The summed E-state index contributed by atoms with van der Waals surface area (Å²) < 4.78 is 5.18. The number of methoxy groups -OCH3 is 1. The van der Waals surface area contributed by atoms with Crippen LogP contribution in [0.4, 0.5) is 11.4 Å². The summed E-state index contributed by atoms with van der Waals surface area (Å²) in [6.07, 6.45) is 0.281. The molecule has 1 atom stereocenters. The van der Waals surface area contributed by atoms with Gasteiger partial charge in [0.25, 0.3) is 0 Å². The van der Waals surface area contributed by atoms with Crippen LogP contribution in [0.15, 0.2) is 48.5 Å². The molecule has 29 heavy (non-hydrogen) atoms. The first kappa shape index (κ1) is 19.3. The summed E-state index contributed by atoms with van der Waals surface area (Å²) in [6, 6.07) is 15.9. The molecule has 6 nitrogen and oxygen atoms in total. The number of hydrogen-bond acceptors (Lipinski definition) is 4. The third-order valence-electron chi connectivity index (χ3n) is 5.82. The fraction of sp³-hybridized carbons (Fsp3) is 0.391. The first-order chi connectivity index (χ1) is 14.0. The smallest absolute Gasteiger partial charge is 0.228 e. The molecule has 0 aliphatic carbocycles. The average Bonchev–Trinajstić information content (AvgIpc) is 3.15. The van der Waals surface area contributed by atoms with Gasteiger partial charge in [-0.2, -0.15) is 0 Å². The number of carbonyl (C=O) groups is 2. The molecule has 0 unspecified atom stereocenters. The van der Waals surface area contributed by atoms with Gasteiger partial charge in [-0.1, -0.05) is 12.1 Å². The minimum absolute atomic E-state index is 0.00640. The molecule has 0 aromatic heterocycles. The van der Waals surface area contributed by atoms with E-state index in [0.29, 0.717) is 19.6 Å². The summed E-state index contributed by atoms with van der Waals surface area (Å²) in [4.78, 5) is 31.5. The summed E-state index contributed by atoms with van der Waals surface area (Å²) in [5, 5.41) is 0. The molecule has 0 bridgehead atoms. The van der Waals surface area contributed by atoms with Gasteiger partial charge in [0.05, 0.1) is 13.0 Å². The molecule has 2 saturated heterocycles. The maximum atomic E-state index is 13.0. The lowest BCUT2D eigenvalue weighted by atomic mass is 10.1. The first-order valence-corrected chi connectivity index (χ1v) is 10.1. The van der Waals surface area contributed by atoms with Gasteiger partial charge >= 0.3 is 0 Å². The summed E-state index contributed by atoms with van der Waals surface area (Å²) in [6.45, 7) is 5.56. The fourth-order valence-corrected chi connectivity index (χ4v) is 4.15. The minimum atomic E-state index is -0.268. The molecule has 6 heteroatoms. The molecule has 2 amide bonds. The quantitative estimate of drug-likeness (QED) is 0.802. The lowest BCUT2D eigenvalue weighted by Crippen LogP contribution is -2.50. The van der Waals surface area contributed by atoms with Gasteiger partial charge in [-0.25, -0.2) is 0 Å². The number of rotatable bonds is 4. The maximum Gasteiger partial charge on any atom is 0.228 e. The molecule has 0 radical (unpaired) electrons. The third kappa shape index (κ3) is 4.06. The maximum absolute atomic E-state index is 13.0. The number of aryl methyl sites for hydroxylation is 1. The van der Waals surface area contributed by atoms with Crippen LogP contribution in [-0.4, -0.2) is 56.5 Å². The van der Waals surface area contributed by atoms with Crippen molar-refractivity contribution < 1.29 is 14.3 Å². The number of nitrogens with zero attached hydrogens (tertiary/aromatic N) is 3. The van der Waals surface area contributed by atoms with Gasteiger partial charge in [0.15, 0.2) is 0 Å². The molecule has 2 aromatic carbocycles. The molecular weight excluding hydrogens is 366 g/mol. The van der Waals surface area contributed by atoms with Crippen molar-refractivity contribution in [3.05, 3.63) is 54.1 Å². The number of piperazine rings is 1. The van der Waals surface area contributed by atoms with E-state index in [9.17, 15) is 9.59 Å². The molecule has 0 saturated carbocycles. The molecule has 2 aromatic rings. The second-order valence-electron chi connectivity index (χ2n) is 7.75. The van der Waals surface area contributed by atoms with Crippen LogP contribution < -0.4 is 14.5 Å². The highest BCUT2D eigenvalue weighted by atomic mass is 16.5. The van der Waals surface area contributed by atoms with Gasteiger partial charge in [0.1, 0.15) is 5.75 Å². The van der Waals surface area contributed by atoms with E-state index in [4.69, 9.17) is 4.74 Å². The highest BCUT2D eigenvalue weighted by Crippen LogP contribution is 2.28. The van der Waals surface area contributed by atoms with Crippen LogP contribution in [0.1, 0.15) is 12.0 Å². The highest BCUT2D eigenvalue weighted by molar-refractivity contribution is 6.00. The van der Waals surface area contributed by atoms with Crippen molar-refractivity contribution in [3.63, 3.8) is 0 Å². The van der Waals surface area contributed by atoms with E-state index in [1.54, 1.807) is 12.0 Å². The van der Waals surface area contributed by atoms with Gasteiger partial charge in [0, 0.05) is 50.5 Å². The Morgan fingerprint density at radius 1 is 1.00 bits per heavy atom. The van der Waals surface area contributed by atoms with E-state index in [1.165, 1.54) is 11.3 Å². The Kier molecular flexibility index (Phi) is 5.43. The van der Waals surface area contributed by atoms with Crippen LogP contribution >= 0.6 is 0 Å². The Hall–Kier alpha value is -3.02. The van der Waals surface area contributed by atoms with E-state index in [1.807, 2.05) is 29.2 Å². The zero-order valence-corrected chi connectivity index (χ0v) is 17.0. The second-order valence-corrected chi connectivity index (χ2v) is 7.75. The van der Waals surface area contributed by atoms with E-state index < -0.39 is 0 Å². The second kappa shape index (κ2) is 8.15. The molecule has 4 rings (SSSR count). The largest absolute Gasteiger partial charge is 0.497 e. The normalized spacial score (nSPS) is 19.6. The SMILES string of the molecule is COc1ccc(N2C[C@H](C(=O)N3CCN(c4cccc(C)c4)CC3)CC2=O)cc1. The minimum Gasteiger partial charge on any atom is -0.497 e. The average molecular weight is 393 g/mol. The van der Waals surface area contributed by atoms with Crippen LogP contribution in [0.5, 0.6) is 5.75 Å². The molecule has 2 heterocycles. The van der Waals surface area contributed by atoms with Crippen LogP contribution in [0.3, 0.4) is 0 Å². The number of ether oxygens (including phenoxy) is 1. The Labute approximate surface area is 171 Å². The van der Waals surface area contributed by atoms with Crippen molar-refractivity contribution in [2.24, 2.45) is 5.92 Å². The van der Waals surface area contributed by atoms with E-state index in [0.717, 1.165) is 24.5 Å². The van der Waals surface area contributed by atoms with Crippen LogP contribution in [-0.2, 0) is 9.59 Å². The standard InChI is InChI=1S/C23H27N3O3/c1-17-4-3-5-20(14-17)24-10-12-25(13-11-24)23(28)18-15-22(27)26(16-18)19-6-8-21(29-2)9-7-19/h3-9,14,18H,10-13,15-16H2,1-2H3/t18-/m1/s1. The molecule has 2 fully saturated rings. The van der Waals surface area contributed by atoms with Gasteiger partial charge in [-0.3, -0.25) is 9.59 Å². The molecule has 152 valence electrons. The summed E-state index contributed by atoms with van der Waals surface area (Å²) in [5.74, 6) is 0.583. The van der Waals surface area contributed by atoms with Crippen molar-refractivity contribution in [2.75, 3.05) is 49.6 Å². The van der Waals surface area contributed by atoms with Crippen molar-refractivity contribution in [1.29, 1.82) is 0 Å². The molecule has 2 aliphatic rings. The molecule has 0 N–H and O–H groups in total. The Morgan fingerprint density at radius 2 is 1.72 bits per heavy atom. The van der Waals surface area contributed by atoms with Crippen molar-refractivity contribution in [1.82, 2.24) is 4.90 Å². The zero-order chi connectivity index (χ0) is 20.4. The Morgan fingerprint density at radius 3 is 2.38 bits per heavy atom. The van der Waals surface area contributed by atoms with Crippen LogP contribution in [0.25, 0.3) is 0 Å². The van der Waals surface area contributed by atoms with E-state index in [2.05, 4.69) is 36.1 Å². The zero-order valence-electron chi connectivity index (χ0n) is 17.0. The van der Waals surface area contributed by atoms with Gasteiger partial charge in [0.2, 0.25) is 11.8 Å². The number of amides is 2. The Balaban J connectivity index is 1.36. The predicted molar refractivity (Wildman–Crippen MR) is 113 cm³/mol. The highest BCUT2D eigenvalue weighted by Gasteiger charge is 2.38. The Bertz CT molecular complexity index is 888. The van der Waals surface area contributed by atoms with Crippen molar-refractivity contribution >= 4 is 23.2 Å². The summed E-state index contributed by atoms with van der Waals surface area (Å²) >= 11 is 0. The summed E-state index contributed by atoms with van der Waals surface area (Å²) in [7, 11) is 1.61. The number of benzene rings is 2. The van der Waals surface area contributed by atoms with Crippen molar-refractivity contribution in [2.45, 2.75) is 13.3 Å². The monoisotopic (exact) mass is 393 g/mol. The lowest BCUT2D eigenvalue weighted by molar-refractivity contribution is -0.136. The van der Waals surface area contributed by atoms with Crippen LogP contribution in [0, 0.1) is 12.8 Å². The fourth-order valence-electron chi connectivity index (χ4n) is 4.15. The lowest BCUT2D eigenvalue weighted by Gasteiger charge is -2.37. The van der Waals surface area contributed by atoms with Gasteiger partial charge in [-0.15, -0.1) is 0 Å². The van der Waals surface area contributed by atoms with Crippen molar-refractivity contribution in [3.8, 4) is 5.75 Å². The third-order valence-corrected chi connectivity index (χ3v) is 5.82. The molecular formula is C23H27N3O3. The van der Waals surface area contributed by atoms with Gasteiger partial charge in [-0.05, 0) is 48.9 Å². The number of hydrogen-bond donors (Lipinski definition) is 0. The van der Waals surface area contributed by atoms with Crippen LogP contribution in [0.2, 0.25) is 0 Å².